The van der Waals surface area contributed by atoms with Gasteiger partial charge in [-0.15, -0.1) is 24.0 Å². The Morgan fingerprint density at radius 3 is 2.66 bits per heavy atom. The highest BCUT2D eigenvalue weighted by molar-refractivity contribution is 14.0. The Balaban J connectivity index is 0.00000420. The van der Waals surface area contributed by atoms with Crippen LogP contribution in [0.2, 0.25) is 0 Å². The largest absolute Gasteiger partial charge is 0.379 e. The average Bonchev–Trinajstić information content (AvgIpc) is 2.70. The maximum atomic E-state index is 14.0. The summed E-state index contributed by atoms with van der Waals surface area (Å²) < 4.78 is 19.5. The van der Waals surface area contributed by atoms with Crippen LogP contribution in [0.4, 0.5) is 4.39 Å². The number of hydrogen-bond acceptors (Lipinski definition) is 4. The molecule has 1 aliphatic heterocycles. The number of aliphatic imine (C=N–C) groups is 1. The summed E-state index contributed by atoms with van der Waals surface area (Å²) in [4.78, 5) is 6.99. The van der Waals surface area contributed by atoms with Crippen LogP contribution in [0.15, 0.2) is 23.2 Å². The summed E-state index contributed by atoms with van der Waals surface area (Å²) in [6, 6.07) is 6.79. The Labute approximate surface area is 190 Å². The van der Waals surface area contributed by atoms with E-state index in [1.807, 2.05) is 13.0 Å². The summed E-state index contributed by atoms with van der Waals surface area (Å²) in [7, 11) is 0. The minimum Gasteiger partial charge on any atom is -0.379 e. The van der Waals surface area contributed by atoms with Gasteiger partial charge in [0.25, 0.3) is 0 Å². The van der Waals surface area contributed by atoms with E-state index in [0.29, 0.717) is 29.0 Å². The smallest absolute Gasteiger partial charge is 0.191 e. The Kier molecular flexibility index (Phi) is 12.1. The molecule has 8 heteroatoms. The van der Waals surface area contributed by atoms with E-state index in [1.54, 1.807) is 6.07 Å². The van der Waals surface area contributed by atoms with Crippen LogP contribution < -0.4 is 10.6 Å². The number of benzene rings is 1. The highest BCUT2D eigenvalue weighted by Crippen LogP contribution is 2.13. The number of halogens is 2. The van der Waals surface area contributed by atoms with Crippen LogP contribution in [-0.4, -0.2) is 56.3 Å². The zero-order chi connectivity index (χ0) is 20.4. The van der Waals surface area contributed by atoms with Crippen molar-refractivity contribution in [1.29, 1.82) is 5.26 Å². The van der Waals surface area contributed by atoms with E-state index in [2.05, 4.69) is 34.4 Å². The Bertz CT molecular complexity index is 686. The lowest BCUT2D eigenvalue weighted by Crippen LogP contribution is -2.51. The lowest BCUT2D eigenvalue weighted by atomic mass is 10.0. The lowest BCUT2D eigenvalue weighted by molar-refractivity contribution is 0.0132. The van der Waals surface area contributed by atoms with E-state index in [9.17, 15) is 4.39 Å². The first kappa shape index (κ1) is 25.6. The molecule has 1 aromatic carbocycles. The van der Waals surface area contributed by atoms with Gasteiger partial charge < -0.3 is 15.4 Å². The molecule has 2 N–H and O–H groups in total. The molecule has 6 nitrogen and oxygen atoms in total. The molecule has 1 unspecified atom stereocenters. The number of rotatable bonds is 8. The molecule has 1 aromatic rings. The molecular weight excluding hydrogens is 484 g/mol. The van der Waals surface area contributed by atoms with Crippen LogP contribution >= 0.6 is 24.0 Å². The van der Waals surface area contributed by atoms with E-state index >= 15 is 0 Å². The van der Waals surface area contributed by atoms with Crippen LogP contribution in [0.3, 0.4) is 0 Å². The molecule has 0 amide bonds. The molecule has 1 heterocycles. The van der Waals surface area contributed by atoms with Gasteiger partial charge in [-0.05, 0) is 37.5 Å². The molecule has 0 aliphatic carbocycles. The Morgan fingerprint density at radius 2 is 2.03 bits per heavy atom. The predicted molar refractivity (Wildman–Crippen MR) is 125 cm³/mol. The summed E-state index contributed by atoms with van der Waals surface area (Å²) in [6.45, 7) is 11.6. The van der Waals surface area contributed by atoms with Gasteiger partial charge in [-0.25, -0.2) is 9.38 Å². The molecular formula is C21H33FIN5O. The Hall–Kier alpha value is -1.44. The first-order valence-corrected chi connectivity index (χ1v) is 10.1. The van der Waals surface area contributed by atoms with E-state index in [-0.39, 0.29) is 36.3 Å². The van der Waals surface area contributed by atoms with Gasteiger partial charge in [-0.1, -0.05) is 13.8 Å². The zero-order valence-corrected chi connectivity index (χ0v) is 19.9. The lowest BCUT2D eigenvalue weighted by Gasteiger charge is -2.35. The second-order valence-electron chi connectivity index (χ2n) is 7.43. The van der Waals surface area contributed by atoms with Gasteiger partial charge in [-0.3, -0.25) is 4.90 Å². The van der Waals surface area contributed by atoms with Crippen molar-refractivity contribution in [3.8, 4) is 6.07 Å². The number of ether oxygens (including phenoxy) is 1. The van der Waals surface area contributed by atoms with Gasteiger partial charge in [0.1, 0.15) is 5.82 Å². The van der Waals surface area contributed by atoms with Crippen molar-refractivity contribution >= 4 is 29.9 Å². The number of nitrogens with one attached hydrogen (secondary N) is 2. The first-order chi connectivity index (χ1) is 13.5. The summed E-state index contributed by atoms with van der Waals surface area (Å²) in [5.74, 6) is 0.910. The molecule has 0 bridgehead atoms. The quantitative estimate of drug-likeness (QED) is 0.315. The van der Waals surface area contributed by atoms with Crippen LogP contribution in [0, 0.1) is 23.1 Å². The normalized spacial score (nSPS) is 16.1. The highest BCUT2D eigenvalue weighted by atomic mass is 127. The van der Waals surface area contributed by atoms with Crippen molar-refractivity contribution in [3.05, 3.63) is 35.1 Å². The molecule has 1 saturated heterocycles. The van der Waals surface area contributed by atoms with Gasteiger partial charge in [0.05, 0.1) is 31.4 Å². The third-order valence-electron chi connectivity index (χ3n) is 4.74. The van der Waals surface area contributed by atoms with Crippen molar-refractivity contribution in [3.63, 3.8) is 0 Å². The van der Waals surface area contributed by atoms with Crippen LogP contribution in [0.1, 0.15) is 38.3 Å². The fourth-order valence-electron chi connectivity index (χ4n) is 3.33. The third kappa shape index (κ3) is 8.84. The van der Waals surface area contributed by atoms with Crippen molar-refractivity contribution in [2.24, 2.45) is 10.9 Å². The molecule has 0 saturated carbocycles. The van der Waals surface area contributed by atoms with Gasteiger partial charge in [0.15, 0.2) is 5.96 Å². The maximum Gasteiger partial charge on any atom is 0.191 e. The average molecular weight is 517 g/mol. The minimum atomic E-state index is -0.343. The van der Waals surface area contributed by atoms with Crippen LogP contribution in [0.25, 0.3) is 0 Å². The summed E-state index contributed by atoms with van der Waals surface area (Å²) in [6.07, 6.45) is 1.09. The van der Waals surface area contributed by atoms with Crippen molar-refractivity contribution < 1.29 is 9.13 Å². The van der Waals surface area contributed by atoms with Crippen LogP contribution in [0.5, 0.6) is 0 Å². The minimum absolute atomic E-state index is 0. The van der Waals surface area contributed by atoms with Crippen molar-refractivity contribution in [2.75, 3.05) is 39.4 Å². The molecule has 1 aliphatic rings. The molecule has 0 radical (unpaired) electrons. The SMILES string of the molecule is CCNC(=NCc1cc(C#N)ccc1F)NCC(CC(C)C)N1CCOCC1.I. The number of nitriles is 1. The molecule has 1 fully saturated rings. The van der Waals surface area contributed by atoms with Gasteiger partial charge in [-0.2, -0.15) is 5.26 Å². The fourth-order valence-corrected chi connectivity index (χ4v) is 3.33. The predicted octanol–water partition coefficient (Wildman–Crippen LogP) is 3.12. The molecule has 29 heavy (non-hydrogen) atoms. The van der Waals surface area contributed by atoms with Crippen LogP contribution in [-0.2, 0) is 11.3 Å². The molecule has 162 valence electrons. The number of hydrogen-bond donors (Lipinski definition) is 2. The van der Waals surface area contributed by atoms with E-state index in [4.69, 9.17) is 10.00 Å². The topological polar surface area (TPSA) is 72.7 Å². The van der Waals surface area contributed by atoms with E-state index in [0.717, 1.165) is 45.8 Å². The summed E-state index contributed by atoms with van der Waals surface area (Å²) in [5, 5.41) is 15.6. The molecule has 2 rings (SSSR count). The number of morpholine rings is 1. The second kappa shape index (κ2) is 13.7. The fraction of sp³-hybridized carbons (Fsp3) is 0.619. The summed E-state index contributed by atoms with van der Waals surface area (Å²) >= 11 is 0. The van der Waals surface area contributed by atoms with Crippen molar-refractivity contribution in [2.45, 2.75) is 39.8 Å². The number of guanidine groups is 1. The van der Waals surface area contributed by atoms with Gasteiger partial charge >= 0.3 is 0 Å². The molecule has 0 aromatic heterocycles. The number of nitrogens with zero attached hydrogens (tertiary/aromatic N) is 3. The second-order valence-corrected chi connectivity index (χ2v) is 7.43. The summed E-state index contributed by atoms with van der Waals surface area (Å²) in [5.41, 5.74) is 0.858. The standard InChI is InChI=1S/C21H32FN5O.HI/c1-4-24-21(25-14-18-12-17(13-23)5-6-20(18)22)26-15-19(11-16(2)3)27-7-9-28-10-8-27;/h5-6,12,16,19H,4,7-11,14-15H2,1-3H3,(H2,24,25,26);1H. The van der Waals surface area contributed by atoms with E-state index < -0.39 is 0 Å². The third-order valence-corrected chi connectivity index (χ3v) is 4.74. The van der Waals surface area contributed by atoms with Gasteiger partial charge in [0.2, 0.25) is 0 Å². The first-order valence-electron chi connectivity index (χ1n) is 10.1. The molecule has 1 atom stereocenters. The van der Waals surface area contributed by atoms with Crippen molar-refractivity contribution in [1.82, 2.24) is 15.5 Å². The van der Waals surface area contributed by atoms with E-state index in [1.165, 1.54) is 12.1 Å². The Morgan fingerprint density at radius 1 is 1.31 bits per heavy atom. The van der Waals surface area contributed by atoms with Gasteiger partial charge in [0, 0.05) is 37.8 Å². The zero-order valence-electron chi connectivity index (χ0n) is 17.6. The monoisotopic (exact) mass is 517 g/mol. The highest BCUT2D eigenvalue weighted by Gasteiger charge is 2.22. The molecule has 0 spiro atoms. The maximum absolute atomic E-state index is 14.0.